The minimum Gasteiger partial charge on any atom is -0.341 e. The summed E-state index contributed by atoms with van der Waals surface area (Å²) in [7, 11) is 0. The zero-order valence-electron chi connectivity index (χ0n) is 10.0. The Morgan fingerprint density at radius 1 is 1.11 bits per heavy atom. The highest BCUT2D eigenvalue weighted by molar-refractivity contribution is 5.80. The number of fused-ring (bicyclic) bond motifs is 2. The quantitative estimate of drug-likeness (QED) is 0.771. The molecular weight excluding hydrogens is 245 g/mol. The summed E-state index contributed by atoms with van der Waals surface area (Å²) >= 11 is 0. The van der Waals surface area contributed by atoms with Gasteiger partial charge in [-0.3, -0.25) is 4.79 Å². The summed E-state index contributed by atoms with van der Waals surface area (Å²) in [5.41, 5.74) is 0. The van der Waals surface area contributed by atoms with Crippen LogP contribution in [0.2, 0.25) is 0 Å². The summed E-state index contributed by atoms with van der Waals surface area (Å²) in [6, 6.07) is 0. The van der Waals surface area contributed by atoms with E-state index >= 15 is 0 Å². The minimum atomic E-state index is -4.15. The minimum absolute atomic E-state index is 0.0274. The second kappa shape index (κ2) is 4.11. The number of alkyl halides is 3. The van der Waals surface area contributed by atoms with Crippen LogP contribution in [0.4, 0.5) is 13.2 Å². The molecule has 2 saturated heterocycles. The Bertz CT molecular complexity index is 336. The molecule has 0 spiro atoms. The van der Waals surface area contributed by atoms with Crippen LogP contribution in [-0.2, 0) is 4.79 Å². The molecule has 3 fully saturated rings. The van der Waals surface area contributed by atoms with Crippen molar-refractivity contribution in [3.8, 4) is 0 Å². The van der Waals surface area contributed by atoms with Crippen molar-refractivity contribution in [3.05, 3.63) is 0 Å². The molecule has 3 aliphatic rings. The Hall–Kier alpha value is -0.780. The van der Waals surface area contributed by atoms with Gasteiger partial charge in [-0.2, -0.15) is 13.2 Å². The average molecular weight is 262 g/mol. The van der Waals surface area contributed by atoms with Crippen molar-refractivity contribution >= 4 is 5.91 Å². The van der Waals surface area contributed by atoms with Crippen LogP contribution in [0.5, 0.6) is 0 Å². The van der Waals surface area contributed by atoms with Gasteiger partial charge in [-0.15, -0.1) is 0 Å². The van der Waals surface area contributed by atoms with Gasteiger partial charge in [0.15, 0.2) is 0 Å². The molecule has 2 unspecified atom stereocenters. The van der Waals surface area contributed by atoms with Crippen molar-refractivity contribution in [2.45, 2.75) is 19.0 Å². The molecule has 1 amide bonds. The second-order valence-electron chi connectivity index (χ2n) is 5.76. The van der Waals surface area contributed by atoms with Crippen molar-refractivity contribution in [2.75, 3.05) is 26.2 Å². The van der Waals surface area contributed by atoms with E-state index in [1.165, 1.54) is 4.90 Å². The van der Waals surface area contributed by atoms with E-state index in [0.29, 0.717) is 11.8 Å². The molecule has 3 rings (SSSR count). The fraction of sp³-hybridized carbons (Fsp3) is 0.917. The Morgan fingerprint density at radius 3 is 2.17 bits per heavy atom. The van der Waals surface area contributed by atoms with Gasteiger partial charge in [-0.05, 0) is 37.8 Å². The summed E-state index contributed by atoms with van der Waals surface area (Å²) in [6.45, 7) is 1.41. The predicted molar refractivity (Wildman–Crippen MR) is 58.7 cm³/mol. The summed E-state index contributed by atoms with van der Waals surface area (Å²) in [5.74, 6) is -0.701. The van der Waals surface area contributed by atoms with E-state index < -0.39 is 12.1 Å². The van der Waals surface area contributed by atoms with E-state index in [1.807, 2.05) is 0 Å². The van der Waals surface area contributed by atoms with Crippen LogP contribution >= 0.6 is 0 Å². The van der Waals surface area contributed by atoms with Crippen LogP contribution < -0.4 is 5.32 Å². The standard InChI is InChI=1S/C12H17F3N2O/c13-12(14,15)9-5-17(6-9)11(18)10-7-1-2-8(10)4-16-3-7/h7-10,16H,1-6H2. The molecule has 2 bridgehead atoms. The lowest BCUT2D eigenvalue weighted by molar-refractivity contribution is -0.211. The van der Waals surface area contributed by atoms with E-state index in [4.69, 9.17) is 0 Å². The maximum atomic E-state index is 12.4. The Morgan fingerprint density at radius 2 is 1.67 bits per heavy atom. The molecule has 1 aliphatic carbocycles. The molecule has 0 aromatic carbocycles. The van der Waals surface area contributed by atoms with E-state index in [1.54, 1.807) is 0 Å². The van der Waals surface area contributed by atoms with Crippen molar-refractivity contribution in [1.29, 1.82) is 0 Å². The van der Waals surface area contributed by atoms with Gasteiger partial charge in [0.2, 0.25) is 5.91 Å². The molecule has 6 heteroatoms. The number of amides is 1. The number of nitrogens with zero attached hydrogens (tertiary/aromatic N) is 1. The first kappa shape index (κ1) is 12.3. The number of rotatable bonds is 1. The highest BCUT2D eigenvalue weighted by Gasteiger charge is 2.52. The normalized spacial score (nSPS) is 36.6. The summed E-state index contributed by atoms with van der Waals surface area (Å²) in [4.78, 5) is 13.6. The van der Waals surface area contributed by atoms with E-state index in [0.717, 1.165) is 25.9 Å². The number of hydrogen-bond donors (Lipinski definition) is 1. The lowest BCUT2D eigenvalue weighted by Gasteiger charge is -2.43. The molecule has 2 heterocycles. The van der Waals surface area contributed by atoms with Gasteiger partial charge in [0.1, 0.15) is 0 Å². The Labute approximate surface area is 104 Å². The number of carbonyl (C=O) groups is 1. The number of halogens is 3. The van der Waals surface area contributed by atoms with Crippen LogP contribution in [-0.4, -0.2) is 43.2 Å². The zero-order valence-corrected chi connectivity index (χ0v) is 10.0. The molecule has 0 aromatic rings. The number of carbonyl (C=O) groups excluding carboxylic acids is 1. The van der Waals surface area contributed by atoms with Gasteiger partial charge in [0.25, 0.3) is 0 Å². The zero-order chi connectivity index (χ0) is 12.9. The van der Waals surface area contributed by atoms with Crippen LogP contribution in [0.1, 0.15) is 12.8 Å². The number of nitrogens with one attached hydrogen (secondary N) is 1. The van der Waals surface area contributed by atoms with E-state index in [2.05, 4.69) is 5.32 Å². The average Bonchev–Trinajstić information content (AvgIpc) is 2.44. The molecule has 2 atom stereocenters. The SMILES string of the molecule is O=C(C1C2CCC1CNC2)N1CC(C(F)(F)F)C1. The molecule has 3 nitrogen and oxygen atoms in total. The molecule has 1 N–H and O–H groups in total. The van der Waals surface area contributed by atoms with Crippen molar-refractivity contribution in [3.63, 3.8) is 0 Å². The summed E-state index contributed by atoms with van der Waals surface area (Å²) in [5, 5.41) is 3.29. The predicted octanol–water partition coefficient (Wildman–Crippen LogP) is 1.25. The molecule has 2 aliphatic heterocycles. The third kappa shape index (κ3) is 1.90. The molecule has 102 valence electrons. The first-order chi connectivity index (χ1) is 8.47. The second-order valence-corrected chi connectivity index (χ2v) is 5.76. The van der Waals surface area contributed by atoms with Crippen molar-refractivity contribution in [1.82, 2.24) is 10.2 Å². The highest BCUT2D eigenvalue weighted by atomic mass is 19.4. The Kier molecular flexibility index (Phi) is 2.80. The summed E-state index contributed by atoms with van der Waals surface area (Å²) in [6.07, 6.45) is -2.08. The van der Waals surface area contributed by atoms with Gasteiger partial charge in [0.05, 0.1) is 5.92 Å². The fourth-order valence-electron chi connectivity index (χ4n) is 3.56. The molecule has 18 heavy (non-hydrogen) atoms. The van der Waals surface area contributed by atoms with Gasteiger partial charge >= 0.3 is 6.18 Å². The largest absolute Gasteiger partial charge is 0.395 e. The van der Waals surface area contributed by atoms with Crippen LogP contribution in [0.15, 0.2) is 0 Å². The summed E-state index contributed by atoms with van der Waals surface area (Å²) < 4.78 is 37.2. The topological polar surface area (TPSA) is 32.3 Å². The van der Waals surface area contributed by atoms with Gasteiger partial charge in [-0.25, -0.2) is 0 Å². The maximum Gasteiger partial charge on any atom is 0.395 e. The molecule has 0 aromatic heterocycles. The molecule has 0 radical (unpaired) electrons. The smallest absolute Gasteiger partial charge is 0.341 e. The Balaban J connectivity index is 1.60. The van der Waals surface area contributed by atoms with Gasteiger partial charge in [-0.1, -0.05) is 0 Å². The fourth-order valence-corrected chi connectivity index (χ4v) is 3.56. The monoisotopic (exact) mass is 262 g/mol. The molecule has 1 saturated carbocycles. The van der Waals surface area contributed by atoms with E-state index in [-0.39, 0.29) is 24.9 Å². The third-order valence-electron chi connectivity index (χ3n) is 4.68. The van der Waals surface area contributed by atoms with Gasteiger partial charge in [0, 0.05) is 19.0 Å². The van der Waals surface area contributed by atoms with Crippen LogP contribution in [0.25, 0.3) is 0 Å². The number of hydrogen-bond acceptors (Lipinski definition) is 2. The van der Waals surface area contributed by atoms with Crippen molar-refractivity contribution < 1.29 is 18.0 Å². The lowest BCUT2D eigenvalue weighted by atomic mass is 9.83. The number of likely N-dealkylation sites (tertiary alicyclic amines) is 1. The first-order valence-electron chi connectivity index (χ1n) is 6.53. The maximum absolute atomic E-state index is 12.4. The number of piperidine rings is 1. The first-order valence-corrected chi connectivity index (χ1v) is 6.53. The van der Waals surface area contributed by atoms with Crippen LogP contribution in [0.3, 0.4) is 0 Å². The molecular formula is C12H17F3N2O. The van der Waals surface area contributed by atoms with Crippen LogP contribution in [0, 0.1) is 23.7 Å². The third-order valence-corrected chi connectivity index (χ3v) is 4.68. The van der Waals surface area contributed by atoms with E-state index in [9.17, 15) is 18.0 Å². The van der Waals surface area contributed by atoms with Crippen molar-refractivity contribution in [2.24, 2.45) is 23.7 Å². The van der Waals surface area contributed by atoms with Gasteiger partial charge < -0.3 is 10.2 Å². The lowest BCUT2D eigenvalue weighted by Crippen LogP contribution is -2.59. The highest BCUT2D eigenvalue weighted by Crippen LogP contribution is 2.42.